The van der Waals surface area contributed by atoms with Crippen molar-refractivity contribution in [1.82, 2.24) is 5.32 Å². The van der Waals surface area contributed by atoms with Gasteiger partial charge in [0.05, 0.1) is 0 Å². The molecule has 1 aliphatic carbocycles. The third-order valence-corrected chi connectivity index (χ3v) is 2.68. The molecule has 1 atom stereocenters. The van der Waals surface area contributed by atoms with Crippen LogP contribution < -0.4 is 5.32 Å². The summed E-state index contributed by atoms with van der Waals surface area (Å²) in [5, 5.41) is 2.75. The van der Waals surface area contributed by atoms with Crippen LogP contribution in [-0.4, -0.2) is 37.2 Å². The molecule has 0 aromatic heterocycles. The van der Waals surface area contributed by atoms with Gasteiger partial charge in [0.2, 0.25) is 0 Å². The fourth-order valence-corrected chi connectivity index (χ4v) is 1.30. The van der Waals surface area contributed by atoms with Crippen LogP contribution in [-0.2, 0) is 19.1 Å². The van der Waals surface area contributed by atoms with Crippen LogP contribution in [0.3, 0.4) is 0 Å². The van der Waals surface area contributed by atoms with Gasteiger partial charge in [0.15, 0.2) is 12.7 Å². The lowest BCUT2D eigenvalue weighted by Crippen LogP contribution is -2.33. The maximum atomic E-state index is 11.5. The van der Waals surface area contributed by atoms with E-state index < -0.39 is 12.1 Å². The average Bonchev–Trinajstić information content (AvgIpc) is 3.09. The molecule has 0 saturated heterocycles. The summed E-state index contributed by atoms with van der Waals surface area (Å²) in [6.45, 7) is 6.14. The van der Waals surface area contributed by atoms with E-state index in [1.165, 1.54) is 0 Å². The molecule has 0 heterocycles. The van der Waals surface area contributed by atoms with Gasteiger partial charge in [0.25, 0.3) is 5.91 Å². The van der Waals surface area contributed by atoms with E-state index in [0.717, 1.165) is 19.3 Å². The average molecular weight is 257 g/mol. The first-order valence-corrected chi connectivity index (χ1v) is 6.56. The number of ether oxygens (including phenoxy) is 2. The highest BCUT2D eigenvalue weighted by molar-refractivity contribution is 5.82. The fourth-order valence-electron chi connectivity index (χ4n) is 1.30. The highest BCUT2D eigenvalue weighted by atomic mass is 16.6. The Labute approximate surface area is 108 Å². The quantitative estimate of drug-likeness (QED) is 0.665. The minimum absolute atomic E-state index is 0.215. The van der Waals surface area contributed by atoms with Gasteiger partial charge in [-0.1, -0.05) is 13.8 Å². The maximum Gasteiger partial charge on any atom is 0.335 e. The van der Waals surface area contributed by atoms with Crippen LogP contribution in [0.4, 0.5) is 0 Å². The number of esters is 1. The summed E-state index contributed by atoms with van der Waals surface area (Å²) in [5.74, 6) is -0.178. The molecule has 5 nitrogen and oxygen atoms in total. The molecule has 1 rings (SSSR count). The van der Waals surface area contributed by atoms with Crippen molar-refractivity contribution >= 4 is 11.9 Å². The van der Waals surface area contributed by atoms with Crippen LogP contribution in [0.5, 0.6) is 0 Å². The summed E-state index contributed by atoms with van der Waals surface area (Å²) >= 11 is 0. The Kier molecular flexibility index (Phi) is 6.12. The third-order valence-electron chi connectivity index (χ3n) is 2.68. The van der Waals surface area contributed by atoms with E-state index in [1.807, 2.05) is 0 Å². The molecule has 18 heavy (non-hydrogen) atoms. The van der Waals surface area contributed by atoms with Gasteiger partial charge in [0.1, 0.15) is 0 Å². The molecule has 5 heteroatoms. The number of hydrogen-bond donors (Lipinski definition) is 1. The lowest BCUT2D eigenvalue weighted by Gasteiger charge is -2.13. The first-order valence-electron chi connectivity index (χ1n) is 6.56. The lowest BCUT2D eigenvalue weighted by molar-refractivity contribution is -0.159. The predicted octanol–water partition coefficient (Wildman–Crippen LogP) is 1.26. The Morgan fingerprint density at radius 2 is 1.94 bits per heavy atom. The SMILES string of the molecule is CC(C)CCOC(C)C(=O)OCC(=O)NC1CC1. The zero-order valence-electron chi connectivity index (χ0n) is 11.4. The van der Waals surface area contributed by atoms with E-state index >= 15 is 0 Å². The second-order valence-corrected chi connectivity index (χ2v) is 5.15. The van der Waals surface area contributed by atoms with Gasteiger partial charge < -0.3 is 14.8 Å². The van der Waals surface area contributed by atoms with Crippen LogP contribution in [0.2, 0.25) is 0 Å². The van der Waals surface area contributed by atoms with Crippen LogP contribution >= 0.6 is 0 Å². The van der Waals surface area contributed by atoms with Crippen molar-refractivity contribution in [2.45, 2.75) is 52.2 Å². The van der Waals surface area contributed by atoms with Crippen molar-refractivity contribution in [3.63, 3.8) is 0 Å². The van der Waals surface area contributed by atoms with Crippen LogP contribution in [0.15, 0.2) is 0 Å². The summed E-state index contributed by atoms with van der Waals surface area (Å²) < 4.78 is 10.2. The highest BCUT2D eigenvalue weighted by Crippen LogP contribution is 2.18. The Bertz CT molecular complexity index is 287. The molecule has 1 aliphatic rings. The van der Waals surface area contributed by atoms with Crippen LogP contribution in [0.25, 0.3) is 0 Å². The lowest BCUT2D eigenvalue weighted by atomic mass is 10.1. The zero-order valence-corrected chi connectivity index (χ0v) is 11.4. The van der Waals surface area contributed by atoms with E-state index in [9.17, 15) is 9.59 Å². The van der Waals surface area contributed by atoms with Crippen molar-refractivity contribution in [1.29, 1.82) is 0 Å². The smallest absolute Gasteiger partial charge is 0.335 e. The number of amides is 1. The van der Waals surface area contributed by atoms with Gasteiger partial charge >= 0.3 is 5.97 Å². The van der Waals surface area contributed by atoms with Gasteiger partial charge in [-0.25, -0.2) is 4.79 Å². The third kappa shape index (κ3) is 6.59. The monoisotopic (exact) mass is 257 g/mol. The summed E-state index contributed by atoms with van der Waals surface area (Å²) in [6.07, 6.45) is 2.33. The zero-order chi connectivity index (χ0) is 13.5. The maximum absolute atomic E-state index is 11.5. The largest absolute Gasteiger partial charge is 0.454 e. The number of nitrogens with one attached hydrogen (secondary N) is 1. The summed E-state index contributed by atoms with van der Waals surface area (Å²) in [7, 11) is 0. The number of rotatable bonds is 8. The molecule has 0 aromatic carbocycles. The van der Waals surface area contributed by atoms with Crippen LogP contribution in [0, 0.1) is 5.92 Å². The molecule has 1 amide bonds. The predicted molar refractivity (Wildman–Crippen MR) is 67.0 cm³/mol. The molecule has 104 valence electrons. The van der Waals surface area contributed by atoms with Crippen molar-refractivity contribution in [2.24, 2.45) is 5.92 Å². The van der Waals surface area contributed by atoms with Gasteiger partial charge in [-0.3, -0.25) is 4.79 Å². The molecule has 1 unspecified atom stereocenters. The Morgan fingerprint density at radius 3 is 2.50 bits per heavy atom. The fraction of sp³-hybridized carbons (Fsp3) is 0.846. The molecule has 0 bridgehead atoms. The van der Waals surface area contributed by atoms with Gasteiger partial charge in [-0.2, -0.15) is 0 Å². The van der Waals surface area contributed by atoms with Crippen molar-refractivity contribution in [3.05, 3.63) is 0 Å². The van der Waals surface area contributed by atoms with E-state index in [4.69, 9.17) is 9.47 Å². The Morgan fingerprint density at radius 1 is 1.28 bits per heavy atom. The normalized spacial score (nSPS) is 16.4. The molecule has 0 spiro atoms. The summed E-state index contributed by atoms with van der Waals surface area (Å²) in [5.41, 5.74) is 0. The first kappa shape index (κ1) is 15.0. The number of hydrogen-bond acceptors (Lipinski definition) is 4. The Balaban J connectivity index is 2.08. The van der Waals surface area contributed by atoms with Gasteiger partial charge in [-0.15, -0.1) is 0 Å². The highest BCUT2D eigenvalue weighted by Gasteiger charge is 2.24. The van der Waals surface area contributed by atoms with E-state index in [1.54, 1.807) is 6.92 Å². The van der Waals surface area contributed by atoms with E-state index in [0.29, 0.717) is 12.5 Å². The van der Waals surface area contributed by atoms with E-state index in [2.05, 4.69) is 19.2 Å². The number of carbonyl (C=O) groups is 2. The second-order valence-electron chi connectivity index (χ2n) is 5.15. The van der Waals surface area contributed by atoms with Crippen LogP contribution in [0.1, 0.15) is 40.0 Å². The minimum atomic E-state index is -0.613. The minimum Gasteiger partial charge on any atom is -0.454 e. The molecule has 1 saturated carbocycles. The molecular formula is C13H23NO4. The van der Waals surface area contributed by atoms with Crippen molar-refractivity contribution < 1.29 is 19.1 Å². The van der Waals surface area contributed by atoms with Crippen molar-refractivity contribution in [2.75, 3.05) is 13.2 Å². The van der Waals surface area contributed by atoms with Gasteiger partial charge in [-0.05, 0) is 32.1 Å². The first-order chi connectivity index (χ1) is 8.49. The standard InChI is InChI=1S/C13H23NO4/c1-9(2)6-7-17-10(3)13(16)18-8-12(15)14-11-4-5-11/h9-11H,4-8H2,1-3H3,(H,14,15). The molecule has 1 fully saturated rings. The molecule has 0 aromatic rings. The summed E-state index contributed by atoms with van der Waals surface area (Å²) in [6, 6.07) is 0.288. The summed E-state index contributed by atoms with van der Waals surface area (Å²) in [4.78, 5) is 22.8. The van der Waals surface area contributed by atoms with Gasteiger partial charge in [0, 0.05) is 12.6 Å². The Hall–Kier alpha value is -1.10. The second kappa shape index (κ2) is 7.36. The molecular weight excluding hydrogens is 234 g/mol. The van der Waals surface area contributed by atoms with E-state index in [-0.39, 0.29) is 18.6 Å². The topological polar surface area (TPSA) is 64.6 Å². The molecule has 0 radical (unpaired) electrons. The van der Waals surface area contributed by atoms with Crippen molar-refractivity contribution in [3.8, 4) is 0 Å². The molecule has 0 aliphatic heterocycles. The number of carbonyl (C=O) groups excluding carboxylic acids is 2. The molecule has 1 N–H and O–H groups in total.